The van der Waals surface area contributed by atoms with Gasteiger partial charge in [0.25, 0.3) is 0 Å². The van der Waals surface area contributed by atoms with Gasteiger partial charge in [-0.05, 0) is 44.2 Å². The number of hydrogen-bond acceptors (Lipinski definition) is 5. The second kappa shape index (κ2) is 6.24. The predicted molar refractivity (Wildman–Crippen MR) is 79.7 cm³/mol. The predicted octanol–water partition coefficient (Wildman–Crippen LogP) is 2.01. The molecule has 2 fully saturated rings. The summed E-state index contributed by atoms with van der Waals surface area (Å²) in [7, 11) is 2.20. The van der Waals surface area contributed by atoms with E-state index in [9.17, 15) is 4.79 Å². The maximum Gasteiger partial charge on any atom is 0.320 e. The van der Waals surface area contributed by atoms with Gasteiger partial charge in [-0.1, -0.05) is 6.07 Å². The summed E-state index contributed by atoms with van der Waals surface area (Å²) in [5.74, 6) is -0.115. The summed E-state index contributed by atoms with van der Waals surface area (Å²) in [5, 5.41) is 5.19. The topological polar surface area (TPSA) is 41.6 Å². The Kier molecular flexibility index (Phi) is 4.38. The third-order valence-electron chi connectivity index (χ3n) is 4.50. The maximum absolute atomic E-state index is 11.9. The lowest BCUT2D eigenvalue weighted by Gasteiger charge is -2.35. The summed E-state index contributed by atoms with van der Waals surface area (Å²) in [4.78, 5) is 15.6. The summed E-state index contributed by atoms with van der Waals surface area (Å²) >= 11 is 1.70. The van der Waals surface area contributed by atoms with Crippen molar-refractivity contribution in [2.75, 3.05) is 13.6 Å². The molecule has 20 heavy (non-hydrogen) atoms. The van der Waals surface area contributed by atoms with Crippen molar-refractivity contribution in [3.05, 3.63) is 22.4 Å². The van der Waals surface area contributed by atoms with Gasteiger partial charge in [0.1, 0.15) is 6.10 Å². The van der Waals surface area contributed by atoms with Crippen LogP contribution in [0.15, 0.2) is 17.5 Å². The van der Waals surface area contributed by atoms with Gasteiger partial charge >= 0.3 is 5.97 Å². The number of rotatable bonds is 5. The Morgan fingerprint density at radius 3 is 2.85 bits per heavy atom. The summed E-state index contributed by atoms with van der Waals surface area (Å²) in [5.41, 5.74) is 0. The second-order valence-electron chi connectivity index (χ2n) is 5.82. The van der Waals surface area contributed by atoms with Crippen LogP contribution in [0.2, 0.25) is 0 Å². The van der Waals surface area contributed by atoms with Gasteiger partial charge in [-0.15, -0.1) is 11.3 Å². The van der Waals surface area contributed by atoms with Crippen molar-refractivity contribution in [1.82, 2.24) is 10.2 Å². The fraction of sp³-hybridized carbons (Fsp3) is 0.667. The second-order valence-corrected chi connectivity index (χ2v) is 6.85. The minimum absolute atomic E-state index is 0.115. The minimum Gasteiger partial charge on any atom is -0.461 e. The van der Waals surface area contributed by atoms with Crippen LogP contribution in [0.1, 0.15) is 30.6 Å². The molecule has 0 aromatic carbocycles. The number of carbonyl (C=O) groups excluding carboxylic acids is 1. The lowest BCUT2D eigenvalue weighted by Crippen LogP contribution is -2.44. The molecule has 2 aliphatic heterocycles. The van der Waals surface area contributed by atoms with Crippen LogP contribution in [-0.4, -0.2) is 42.6 Å². The molecule has 1 aromatic heterocycles. The molecule has 0 aliphatic carbocycles. The molecule has 0 radical (unpaired) electrons. The third kappa shape index (κ3) is 3.22. The number of nitrogens with zero attached hydrogens (tertiary/aromatic N) is 1. The highest BCUT2D eigenvalue weighted by Gasteiger charge is 2.39. The summed E-state index contributed by atoms with van der Waals surface area (Å²) < 4.78 is 5.62. The first-order valence-electron chi connectivity index (χ1n) is 7.37. The van der Waals surface area contributed by atoms with E-state index in [0.717, 1.165) is 19.4 Å². The summed E-state index contributed by atoms with van der Waals surface area (Å²) in [6, 6.07) is 5.32. The molecule has 2 saturated heterocycles. The van der Waals surface area contributed by atoms with E-state index in [0.29, 0.717) is 18.6 Å². The van der Waals surface area contributed by atoms with E-state index in [-0.39, 0.29) is 12.1 Å². The van der Waals surface area contributed by atoms with Crippen molar-refractivity contribution in [3.8, 4) is 0 Å². The van der Waals surface area contributed by atoms with Crippen LogP contribution in [0.25, 0.3) is 0 Å². The van der Waals surface area contributed by atoms with Gasteiger partial charge in [0.15, 0.2) is 0 Å². The Labute approximate surface area is 124 Å². The molecule has 2 aliphatic rings. The molecule has 2 bridgehead atoms. The molecule has 5 heteroatoms. The number of carbonyl (C=O) groups is 1. The van der Waals surface area contributed by atoms with Crippen LogP contribution in [0.5, 0.6) is 0 Å². The average molecular weight is 294 g/mol. The highest BCUT2D eigenvalue weighted by molar-refractivity contribution is 7.09. The van der Waals surface area contributed by atoms with Crippen molar-refractivity contribution < 1.29 is 9.53 Å². The molecule has 0 spiro atoms. The van der Waals surface area contributed by atoms with E-state index < -0.39 is 0 Å². The van der Waals surface area contributed by atoms with E-state index in [4.69, 9.17) is 4.74 Å². The van der Waals surface area contributed by atoms with Crippen molar-refractivity contribution >= 4 is 17.3 Å². The zero-order chi connectivity index (χ0) is 13.9. The van der Waals surface area contributed by atoms with Crippen molar-refractivity contribution in [2.24, 2.45) is 0 Å². The first kappa shape index (κ1) is 14.0. The summed E-state index contributed by atoms with van der Waals surface area (Å²) in [6.45, 7) is 1.05. The quantitative estimate of drug-likeness (QED) is 0.844. The number of esters is 1. The molecule has 110 valence electrons. The van der Waals surface area contributed by atoms with E-state index >= 15 is 0 Å². The molecule has 1 N–H and O–H groups in total. The standard InChI is InChI=1S/C15H22N2O2S/c1-17-11-4-5-12(17)8-13(7-11)19-15(18)10-16-9-14-3-2-6-20-14/h2-3,6,11-13,16H,4-5,7-10H2,1H3. The lowest BCUT2D eigenvalue weighted by atomic mass is 10.0. The van der Waals surface area contributed by atoms with Gasteiger partial charge in [0.05, 0.1) is 6.54 Å². The number of ether oxygens (including phenoxy) is 1. The first-order chi connectivity index (χ1) is 9.72. The molecule has 0 saturated carbocycles. The van der Waals surface area contributed by atoms with Gasteiger partial charge in [-0.3, -0.25) is 4.79 Å². The highest BCUT2D eigenvalue weighted by atomic mass is 32.1. The Bertz CT molecular complexity index is 435. The molecule has 0 amide bonds. The zero-order valence-electron chi connectivity index (χ0n) is 11.9. The van der Waals surface area contributed by atoms with E-state index in [1.807, 2.05) is 11.4 Å². The van der Waals surface area contributed by atoms with Gasteiger partial charge < -0.3 is 15.0 Å². The van der Waals surface area contributed by atoms with Crippen molar-refractivity contribution in [3.63, 3.8) is 0 Å². The SMILES string of the molecule is CN1C2CCC1CC(OC(=O)CNCc1cccs1)C2. The van der Waals surface area contributed by atoms with Crippen LogP contribution in [0.4, 0.5) is 0 Å². The molecule has 3 rings (SSSR count). The molecular formula is C15H22N2O2S. The Hall–Kier alpha value is -0.910. The lowest BCUT2D eigenvalue weighted by molar-refractivity contribution is -0.151. The largest absolute Gasteiger partial charge is 0.461 e. The number of hydrogen-bond donors (Lipinski definition) is 1. The molecule has 2 atom stereocenters. The van der Waals surface area contributed by atoms with E-state index in [1.54, 1.807) is 11.3 Å². The van der Waals surface area contributed by atoms with E-state index in [1.165, 1.54) is 17.7 Å². The van der Waals surface area contributed by atoms with E-state index in [2.05, 4.69) is 23.3 Å². The normalized spacial score (nSPS) is 29.6. The Balaban J connectivity index is 1.39. The Morgan fingerprint density at radius 2 is 2.20 bits per heavy atom. The number of piperidine rings is 1. The average Bonchev–Trinajstić information content (AvgIpc) is 2.98. The minimum atomic E-state index is -0.115. The number of fused-ring (bicyclic) bond motifs is 2. The Morgan fingerprint density at radius 1 is 1.45 bits per heavy atom. The van der Waals surface area contributed by atoms with Crippen LogP contribution >= 0.6 is 11.3 Å². The smallest absolute Gasteiger partial charge is 0.320 e. The molecule has 3 heterocycles. The third-order valence-corrected chi connectivity index (χ3v) is 5.38. The van der Waals surface area contributed by atoms with Gasteiger partial charge in [0, 0.05) is 23.5 Å². The molecule has 4 nitrogen and oxygen atoms in total. The van der Waals surface area contributed by atoms with Gasteiger partial charge in [0.2, 0.25) is 0 Å². The van der Waals surface area contributed by atoms with Crippen LogP contribution in [0.3, 0.4) is 0 Å². The number of nitrogens with one attached hydrogen (secondary N) is 1. The van der Waals surface area contributed by atoms with Crippen molar-refractivity contribution in [1.29, 1.82) is 0 Å². The highest BCUT2D eigenvalue weighted by Crippen LogP contribution is 2.35. The molecular weight excluding hydrogens is 272 g/mol. The van der Waals surface area contributed by atoms with Crippen LogP contribution in [0, 0.1) is 0 Å². The first-order valence-corrected chi connectivity index (χ1v) is 8.25. The van der Waals surface area contributed by atoms with Gasteiger partial charge in [-0.25, -0.2) is 0 Å². The maximum atomic E-state index is 11.9. The fourth-order valence-corrected chi connectivity index (χ4v) is 4.06. The number of thiophene rings is 1. The molecule has 1 aromatic rings. The monoisotopic (exact) mass is 294 g/mol. The van der Waals surface area contributed by atoms with Crippen molar-refractivity contribution in [2.45, 2.75) is 50.4 Å². The fourth-order valence-electron chi connectivity index (χ4n) is 3.39. The zero-order valence-corrected chi connectivity index (χ0v) is 12.7. The van der Waals surface area contributed by atoms with Gasteiger partial charge in [-0.2, -0.15) is 0 Å². The van der Waals surface area contributed by atoms with Crippen LogP contribution < -0.4 is 5.32 Å². The molecule has 2 unspecified atom stereocenters. The summed E-state index contributed by atoms with van der Waals surface area (Å²) in [6.07, 6.45) is 4.64. The van der Waals surface area contributed by atoms with Crippen LogP contribution in [-0.2, 0) is 16.1 Å².